The summed E-state index contributed by atoms with van der Waals surface area (Å²) < 4.78 is 16.9. The Bertz CT molecular complexity index is 520. The van der Waals surface area contributed by atoms with Gasteiger partial charge in [0.2, 0.25) is 0 Å². The van der Waals surface area contributed by atoms with Gasteiger partial charge in [-0.05, 0) is 25.5 Å². The third kappa shape index (κ3) is 6.28. The number of nitrogens with one attached hydrogen (secondary N) is 2. The van der Waals surface area contributed by atoms with E-state index in [1.807, 2.05) is 25.1 Å². The number of ether oxygens (including phenoxy) is 3. The number of rotatable bonds is 8. The van der Waals surface area contributed by atoms with E-state index in [0.29, 0.717) is 26.4 Å². The van der Waals surface area contributed by atoms with Crippen LogP contribution >= 0.6 is 0 Å². The molecule has 0 unspecified atom stereocenters. The molecule has 0 amide bonds. The van der Waals surface area contributed by atoms with E-state index < -0.39 is 0 Å². The topological polar surface area (TPSA) is 64.1 Å². The van der Waals surface area contributed by atoms with E-state index in [1.54, 1.807) is 0 Å². The average Bonchev–Trinajstić information content (AvgIpc) is 2.83. The molecule has 0 aliphatic carbocycles. The van der Waals surface area contributed by atoms with Gasteiger partial charge >= 0.3 is 0 Å². The van der Waals surface area contributed by atoms with Crippen LogP contribution in [0.2, 0.25) is 0 Å². The lowest BCUT2D eigenvalue weighted by molar-refractivity contribution is 0.139. The second-order valence-corrected chi connectivity index (χ2v) is 5.56. The lowest BCUT2D eigenvalue weighted by Crippen LogP contribution is -2.31. The van der Waals surface area contributed by atoms with Gasteiger partial charge < -0.3 is 24.8 Å². The zero-order valence-corrected chi connectivity index (χ0v) is 14.8. The fourth-order valence-electron chi connectivity index (χ4n) is 2.26. The molecule has 0 atom stereocenters. The van der Waals surface area contributed by atoms with Crippen molar-refractivity contribution in [1.82, 2.24) is 5.32 Å². The molecule has 0 radical (unpaired) electrons. The SMILES string of the molecule is CCCCOCCN=C(NCC)Nc1ccc2c(c1)OCCCO2. The maximum absolute atomic E-state index is 5.72. The van der Waals surface area contributed by atoms with Gasteiger partial charge in [0.05, 0.1) is 26.4 Å². The first-order valence-corrected chi connectivity index (χ1v) is 8.86. The molecule has 0 aromatic heterocycles. The molecule has 0 bridgehead atoms. The van der Waals surface area contributed by atoms with Crippen molar-refractivity contribution in [2.75, 3.05) is 44.8 Å². The van der Waals surface area contributed by atoms with Gasteiger partial charge in [0.15, 0.2) is 17.5 Å². The maximum Gasteiger partial charge on any atom is 0.195 e. The highest BCUT2D eigenvalue weighted by Crippen LogP contribution is 2.32. The molecule has 1 aromatic carbocycles. The number of unbranched alkanes of at least 4 members (excludes halogenated alkanes) is 1. The van der Waals surface area contributed by atoms with Gasteiger partial charge in [-0.3, -0.25) is 4.99 Å². The summed E-state index contributed by atoms with van der Waals surface area (Å²) in [6, 6.07) is 5.85. The van der Waals surface area contributed by atoms with Crippen LogP contribution in [0.3, 0.4) is 0 Å². The normalized spacial score (nSPS) is 14.2. The van der Waals surface area contributed by atoms with Crippen molar-refractivity contribution in [1.29, 1.82) is 0 Å². The third-order valence-corrected chi connectivity index (χ3v) is 3.50. The van der Waals surface area contributed by atoms with E-state index in [4.69, 9.17) is 14.2 Å². The second kappa shape index (κ2) is 10.8. The molecule has 0 fully saturated rings. The van der Waals surface area contributed by atoms with Crippen molar-refractivity contribution in [2.45, 2.75) is 33.1 Å². The predicted molar refractivity (Wildman–Crippen MR) is 97.4 cm³/mol. The zero-order chi connectivity index (χ0) is 17.0. The quantitative estimate of drug-likeness (QED) is 0.434. The number of fused-ring (bicyclic) bond motifs is 1. The van der Waals surface area contributed by atoms with Crippen LogP contribution < -0.4 is 20.1 Å². The Labute approximate surface area is 144 Å². The van der Waals surface area contributed by atoms with Gasteiger partial charge in [-0.1, -0.05) is 13.3 Å². The number of nitrogens with zero attached hydrogens (tertiary/aromatic N) is 1. The minimum absolute atomic E-state index is 0.629. The van der Waals surface area contributed by atoms with Gasteiger partial charge in [0.1, 0.15) is 0 Å². The molecule has 6 heteroatoms. The Balaban J connectivity index is 1.90. The van der Waals surface area contributed by atoms with Crippen molar-refractivity contribution in [2.24, 2.45) is 4.99 Å². The van der Waals surface area contributed by atoms with E-state index in [2.05, 4.69) is 22.5 Å². The first kappa shape index (κ1) is 18.4. The summed E-state index contributed by atoms with van der Waals surface area (Å²) in [5.41, 5.74) is 0.922. The van der Waals surface area contributed by atoms with Crippen molar-refractivity contribution >= 4 is 11.6 Å². The zero-order valence-electron chi connectivity index (χ0n) is 14.8. The van der Waals surface area contributed by atoms with Gasteiger partial charge in [0.25, 0.3) is 0 Å². The molecule has 2 N–H and O–H groups in total. The number of guanidine groups is 1. The maximum atomic E-state index is 5.72. The molecule has 134 valence electrons. The third-order valence-electron chi connectivity index (χ3n) is 3.50. The Morgan fingerprint density at radius 1 is 1.17 bits per heavy atom. The van der Waals surface area contributed by atoms with E-state index in [-0.39, 0.29) is 0 Å². The summed E-state index contributed by atoms with van der Waals surface area (Å²) in [5.74, 6) is 2.31. The Hall–Kier alpha value is -1.95. The highest BCUT2D eigenvalue weighted by molar-refractivity contribution is 5.93. The van der Waals surface area contributed by atoms with E-state index in [1.165, 1.54) is 0 Å². The van der Waals surface area contributed by atoms with Crippen LogP contribution in [0, 0.1) is 0 Å². The number of hydrogen-bond donors (Lipinski definition) is 2. The molecule has 6 nitrogen and oxygen atoms in total. The number of aliphatic imine (C=N–C) groups is 1. The number of anilines is 1. The standard InChI is InChI=1S/C18H29N3O3/c1-3-5-10-22-13-9-20-18(19-4-2)21-15-7-8-16-17(14-15)24-12-6-11-23-16/h7-8,14H,3-6,9-13H2,1-2H3,(H2,19,20,21). The highest BCUT2D eigenvalue weighted by Gasteiger charge is 2.11. The van der Waals surface area contributed by atoms with Crippen LogP contribution in [0.4, 0.5) is 5.69 Å². The van der Waals surface area contributed by atoms with Crippen LogP contribution in [0.1, 0.15) is 33.1 Å². The molecule has 1 aromatic rings. The monoisotopic (exact) mass is 335 g/mol. The van der Waals surface area contributed by atoms with Gasteiger partial charge in [0, 0.05) is 31.3 Å². The molecule has 0 saturated heterocycles. The largest absolute Gasteiger partial charge is 0.490 e. The fourth-order valence-corrected chi connectivity index (χ4v) is 2.26. The molecular weight excluding hydrogens is 306 g/mol. The van der Waals surface area contributed by atoms with Crippen LogP contribution in [-0.4, -0.2) is 45.5 Å². The first-order chi connectivity index (χ1) is 11.8. The molecule has 1 aliphatic rings. The summed E-state index contributed by atoms with van der Waals surface area (Å²) in [7, 11) is 0. The van der Waals surface area contributed by atoms with E-state index in [9.17, 15) is 0 Å². The number of benzene rings is 1. The Kier molecular flexibility index (Phi) is 8.24. The molecule has 24 heavy (non-hydrogen) atoms. The van der Waals surface area contributed by atoms with Crippen LogP contribution in [-0.2, 0) is 4.74 Å². The minimum Gasteiger partial charge on any atom is -0.490 e. The van der Waals surface area contributed by atoms with Crippen LogP contribution in [0.25, 0.3) is 0 Å². The molecule has 1 aliphatic heterocycles. The summed E-state index contributed by atoms with van der Waals surface area (Å²) in [6.07, 6.45) is 3.15. The fraction of sp³-hybridized carbons (Fsp3) is 0.611. The van der Waals surface area contributed by atoms with Crippen LogP contribution in [0.5, 0.6) is 11.5 Å². The van der Waals surface area contributed by atoms with Crippen molar-refractivity contribution < 1.29 is 14.2 Å². The molecule has 0 saturated carbocycles. The lowest BCUT2D eigenvalue weighted by atomic mass is 10.3. The Morgan fingerprint density at radius 2 is 2.00 bits per heavy atom. The summed E-state index contributed by atoms with van der Waals surface area (Å²) in [4.78, 5) is 4.53. The smallest absolute Gasteiger partial charge is 0.195 e. The number of hydrogen-bond acceptors (Lipinski definition) is 4. The van der Waals surface area contributed by atoms with E-state index in [0.717, 1.165) is 55.6 Å². The highest BCUT2D eigenvalue weighted by atomic mass is 16.5. The summed E-state index contributed by atoms with van der Waals surface area (Å²) in [5, 5.41) is 6.54. The van der Waals surface area contributed by atoms with Crippen molar-refractivity contribution in [3.05, 3.63) is 18.2 Å². The van der Waals surface area contributed by atoms with Gasteiger partial charge in [-0.15, -0.1) is 0 Å². The van der Waals surface area contributed by atoms with Gasteiger partial charge in [-0.2, -0.15) is 0 Å². The summed E-state index contributed by atoms with van der Waals surface area (Å²) >= 11 is 0. The summed E-state index contributed by atoms with van der Waals surface area (Å²) in [6.45, 7) is 8.45. The average molecular weight is 335 g/mol. The van der Waals surface area contributed by atoms with Crippen molar-refractivity contribution in [3.8, 4) is 11.5 Å². The molecule has 0 spiro atoms. The molecular formula is C18H29N3O3. The van der Waals surface area contributed by atoms with Crippen molar-refractivity contribution in [3.63, 3.8) is 0 Å². The second-order valence-electron chi connectivity index (χ2n) is 5.56. The first-order valence-electron chi connectivity index (χ1n) is 8.86. The molecule has 1 heterocycles. The van der Waals surface area contributed by atoms with E-state index >= 15 is 0 Å². The lowest BCUT2D eigenvalue weighted by Gasteiger charge is -2.13. The van der Waals surface area contributed by atoms with Crippen LogP contribution in [0.15, 0.2) is 23.2 Å². The minimum atomic E-state index is 0.629. The van der Waals surface area contributed by atoms with Gasteiger partial charge in [-0.25, -0.2) is 0 Å². The molecule has 2 rings (SSSR count). The Morgan fingerprint density at radius 3 is 2.79 bits per heavy atom. The predicted octanol–water partition coefficient (Wildman–Crippen LogP) is 3.04.